The highest BCUT2D eigenvalue weighted by molar-refractivity contribution is 7.80. The van der Waals surface area contributed by atoms with Gasteiger partial charge in [0.05, 0.1) is 11.1 Å². The summed E-state index contributed by atoms with van der Waals surface area (Å²) in [7, 11) is 0. The van der Waals surface area contributed by atoms with Gasteiger partial charge < -0.3 is 10.2 Å². The maximum absolute atomic E-state index is 10.8. The van der Waals surface area contributed by atoms with Crippen molar-refractivity contribution in [3.63, 3.8) is 0 Å². The highest BCUT2D eigenvalue weighted by Crippen LogP contribution is 2.25. The predicted octanol–water partition coefficient (Wildman–Crippen LogP) is 2.52. The first-order valence-electron chi connectivity index (χ1n) is 4.72. The zero-order chi connectivity index (χ0) is 12.6. The van der Waals surface area contributed by atoms with Crippen LogP contribution in [0.4, 0.5) is 0 Å². The normalized spacial score (nSPS) is 10.4. The van der Waals surface area contributed by atoms with E-state index in [1.54, 1.807) is 6.07 Å². The summed E-state index contributed by atoms with van der Waals surface area (Å²) in [6.45, 7) is 0. The van der Waals surface area contributed by atoms with Crippen LogP contribution in [-0.4, -0.2) is 22.2 Å². The molecule has 2 rings (SSSR count). The molecule has 5 heteroatoms. The Morgan fingerprint density at radius 2 is 1.59 bits per heavy atom. The lowest BCUT2D eigenvalue weighted by molar-refractivity contribution is 0.0685. The summed E-state index contributed by atoms with van der Waals surface area (Å²) >= 11 is 4.17. The molecule has 0 fully saturated rings. The number of fused-ring (bicyclic) bond motifs is 1. The van der Waals surface area contributed by atoms with Crippen LogP contribution in [0, 0.1) is 0 Å². The molecule has 0 aliphatic rings. The molecule has 0 unspecified atom stereocenters. The van der Waals surface area contributed by atoms with Gasteiger partial charge in [-0.15, -0.1) is 12.6 Å². The van der Waals surface area contributed by atoms with Crippen LogP contribution >= 0.6 is 12.6 Å². The van der Waals surface area contributed by atoms with Crippen LogP contribution in [0.2, 0.25) is 0 Å². The zero-order valence-corrected chi connectivity index (χ0v) is 9.44. The third-order valence-corrected chi connectivity index (χ3v) is 2.80. The maximum Gasteiger partial charge on any atom is 0.335 e. The second-order valence-corrected chi connectivity index (χ2v) is 4.02. The van der Waals surface area contributed by atoms with Crippen molar-refractivity contribution in [2.75, 3.05) is 0 Å². The van der Waals surface area contributed by atoms with E-state index >= 15 is 0 Å². The van der Waals surface area contributed by atoms with Gasteiger partial charge in [0.15, 0.2) is 0 Å². The maximum atomic E-state index is 10.8. The van der Waals surface area contributed by atoms with Crippen molar-refractivity contribution >= 4 is 35.3 Å². The largest absolute Gasteiger partial charge is 0.478 e. The van der Waals surface area contributed by atoms with Gasteiger partial charge in [0.2, 0.25) is 0 Å². The van der Waals surface area contributed by atoms with E-state index in [9.17, 15) is 9.59 Å². The minimum atomic E-state index is -1.04. The highest BCUT2D eigenvalue weighted by atomic mass is 32.1. The average Bonchev–Trinajstić information content (AvgIpc) is 2.28. The van der Waals surface area contributed by atoms with Gasteiger partial charge in [-0.05, 0) is 35.0 Å². The molecule has 0 aliphatic carbocycles. The van der Waals surface area contributed by atoms with E-state index in [1.807, 2.05) is 0 Å². The fourth-order valence-corrected chi connectivity index (χ4v) is 1.93. The molecule has 0 heterocycles. The summed E-state index contributed by atoms with van der Waals surface area (Å²) in [6.07, 6.45) is 0. The van der Waals surface area contributed by atoms with Gasteiger partial charge in [0.25, 0.3) is 0 Å². The van der Waals surface area contributed by atoms with Crippen molar-refractivity contribution in [2.24, 2.45) is 0 Å². The Morgan fingerprint density at radius 1 is 0.941 bits per heavy atom. The molecule has 0 saturated heterocycles. The van der Waals surface area contributed by atoms with Gasteiger partial charge in [0, 0.05) is 4.90 Å². The van der Waals surface area contributed by atoms with Crippen molar-refractivity contribution in [1.82, 2.24) is 0 Å². The van der Waals surface area contributed by atoms with Crippen LogP contribution in [0.3, 0.4) is 0 Å². The van der Waals surface area contributed by atoms with E-state index in [4.69, 9.17) is 10.2 Å². The molecule has 2 N–H and O–H groups in total. The predicted molar refractivity (Wildman–Crippen MR) is 65.1 cm³/mol. The first kappa shape index (κ1) is 11.5. The number of carboxylic acid groups (broad SMARTS) is 2. The second kappa shape index (κ2) is 4.10. The smallest absolute Gasteiger partial charge is 0.335 e. The zero-order valence-electron chi connectivity index (χ0n) is 8.54. The van der Waals surface area contributed by atoms with Crippen molar-refractivity contribution in [1.29, 1.82) is 0 Å². The summed E-state index contributed by atoms with van der Waals surface area (Å²) in [5.41, 5.74) is 0.279. The molecular formula is C12H8O4S. The lowest BCUT2D eigenvalue weighted by atomic mass is 10.0. The molecule has 0 spiro atoms. The van der Waals surface area contributed by atoms with Crippen LogP contribution < -0.4 is 0 Å². The molecule has 0 aliphatic heterocycles. The molecule has 86 valence electrons. The second-order valence-electron chi connectivity index (χ2n) is 3.54. The molecule has 0 atom stereocenters. The van der Waals surface area contributed by atoms with Gasteiger partial charge in [-0.25, -0.2) is 9.59 Å². The Hall–Kier alpha value is -2.01. The molecule has 0 aromatic heterocycles. The van der Waals surface area contributed by atoms with Gasteiger partial charge >= 0.3 is 11.9 Å². The highest BCUT2D eigenvalue weighted by Gasteiger charge is 2.09. The Kier molecular flexibility index (Phi) is 2.77. The van der Waals surface area contributed by atoms with E-state index in [0.717, 1.165) is 0 Å². The molecule has 2 aromatic carbocycles. The number of hydrogen-bond acceptors (Lipinski definition) is 3. The topological polar surface area (TPSA) is 74.6 Å². The Balaban J connectivity index is 2.72. The molecule has 0 amide bonds. The van der Waals surface area contributed by atoms with Crippen molar-refractivity contribution < 1.29 is 19.8 Å². The van der Waals surface area contributed by atoms with Crippen LogP contribution in [0.1, 0.15) is 20.7 Å². The summed E-state index contributed by atoms with van der Waals surface area (Å²) in [6, 6.07) is 7.38. The van der Waals surface area contributed by atoms with E-state index < -0.39 is 11.9 Å². The number of carbonyl (C=O) groups is 2. The number of rotatable bonds is 2. The lowest BCUT2D eigenvalue weighted by Gasteiger charge is -2.05. The quantitative estimate of drug-likeness (QED) is 0.714. The minimum Gasteiger partial charge on any atom is -0.478 e. The third-order valence-electron chi connectivity index (χ3n) is 2.43. The summed E-state index contributed by atoms with van der Waals surface area (Å²) in [4.78, 5) is 22.1. The van der Waals surface area contributed by atoms with Gasteiger partial charge in [0.1, 0.15) is 0 Å². The summed E-state index contributed by atoms with van der Waals surface area (Å²) < 4.78 is 0. The van der Waals surface area contributed by atoms with Crippen LogP contribution in [-0.2, 0) is 0 Å². The molecule has 0 bridgehead atoms. The van der Waals surface area contributed by atoms with E-state index in [1.165, 1.54) is 24.3 Å². The molecule has 4 nitrogen and oxygen atoms in total. The molecule has 0 saturated carbocycles. The van der Waals surface area contributed by atoms with E-state index in [-0.39, 0.29) is 11.1 Å². The Morgan fingerprint density at radius 3 is 2.18 bits per heavy atom. The van der Waals surface area contributed by atoms with Crippen molar-refractivity contribution in [2.45, 2.75) is 4.90 Å². The number of hydrogen-bond donors (Lipinski definition) is 3. The fraction of sp³-hybridized carbons (Fsp3) is 0. The SMILES string of the molecule is O=C(O)c1cc(S)c2cc(C(=O)O)ccc2c1. The summed E-state index contributed by atoms with van der Waals surface area (Å²) in [5.74, 6) is -2.06. The number of thiol groups is 1. The molecule has 2 aromatic rings. The molecule has 17 heavy (non-hydrogen) atoms. The van der Waals surface area contributed by atoms with Gasteiger partial charge in [-0.3, -0.25) is 0 Å². The lowest BCUT2D eigenvalue weighted by Crippen LogP contribution is -1.98. The molecule has 0 radical (unpaired) electrons. The first-order valence-corrected chi connectivity index (χ1v) is 5.17. The number of benzene rings is 2. The Bertz CT molecular complexity index is 634. The third kappa shape index (κ3) is 2.09. The van der Waals surface area contributed by atoms with Crippen LogP contribution in [0.15, 0.2) is 35.2 Å². The monoisotopic (exact) mass is 248 g/mol. The van der Waals surface area contributed by atoms with Crippen LogP contribution in [0.25, 0.3) is 10.8 Å². The van der Waals surface area contributed by atoms with E-state index in [2.05, 4.69) is 12.6 Å². The number of carboxylic acids is 2. The number of aromatic carboxylic acids is 2. The van der Waals surface area contributed by atoms with Crippen molar-refractivity contribution in [3.8, 4) is 0 Å². The average molecular weight is 248 g/mol. The van der Waals surface area contributed by atoms with Gasteiger partial charge in [-0.1, -0.05) is 6.07 Å². The first-order chi connectivity index (χ1) is 7.99. The van der Waals surface area contributed by atoms with Gasteiger partial charge in [-0.2, -0.15) is 0 Å². The van der Waals surface area contributed by atoms with E-state index in [0.29, 0.717) is 15.7 Å². The Labute approximate surface area is 102 Å². The summed E-state index contributed by atoms with van der Waals surface area (Å²) in [5, 5.41) is 19.0. The standard InChI is InChI=1S/C12H8O4S/c13-11(14)7-2-1-6-3-8(12(15)16)5-10(17)9(6)4-7/h1-5,17H,(H,13,14)(H,15,16). The fourth-order valence-electron chi connectivity index (χ4n) is 1.59. The minimum absolute atomic E-state index is 0.130. The van der Waals surface area contributed by atoms with Crippen LogP contribution in [0.5, 0.6) is 0 Å². The molecular weight excluding hydrogens is 240 g/mol. The van der Waals surface area contributed by atoms with Crippen molar-refractivity contribution in [3.05, 3.63) is 41.5 Å².